The van der Waals surface area contributed by atoms with Crippen LogP contribution in [0.1, 0.15) is 30.9 Å². The van der Waals surface area contributed by atoms with Crippen LogP contribution in [0.2, 0.25) is 0 Å². The van der Waals surface area contributed by atoms with E-state index in [1.165, 1.54) is 31.5 Å². The van der Waals surface area contributed by atoms with Crippen LogP contribution in [0, 0.1) is 5.92 Å². The lowest BCUT2D eigenvalue weighted by Gasteiger charge is -2.30. The lowest BCUT2D eigenvalue weighted by Crippen LogP contribution is -2.33. The van der Waals surface area contributed by atoms with Crippen LogP contribution < -0.4 is 10.6 Å². The van der Waals surface area contributed by atoms with E-state index in [0.717, 1.165) is 23.7 Å². The second-order valence-corrected chi connectivity index (χ2v) is 8.09. The Morgan fingerprint density at radius 2 is 1.83 bits per heavy atom. The van der Waals surface area contributed by atoms with Crippen LogP contribution in [-0.4, -0.2) is 33.8 Å². The Labute approximate surface area is 177 Å². The van der Waals surface area contributed by atoms with Gasteiger partial charge >= 0.3 is 6.03 Å². The number of piperidine rings is 1. The summed E-state index contributed by atoms with van der Waals surface area (Å²) in [6.45, 7) is 6.18. The van der Waals surface area contributed by atoms with E-state index in [2.05, 4.69) is 51.8 Å². The average Bonchev–Trinajstić information content (AvgIpc) is 3.22. The summed E-state index contributed by atoms with van der Waals surface area (Å²) in [6.07, 6.45) is 4.46. The fraction of sp³-hybridized carbons (Fsp3) is 0.333. The molecular formula is C24H29N5O. The zero-order valence-corrected chi connectivity index (χ0v) is 17.4. The van der Waals surface area contributed by atoms with Gasteiger partial charge in [0, 0.05) is 31.9 Å². The molecule has 0 saturated carbocycles. The predicted octanol–water partition coefficient (Wildman–Crippen LogP) is 4.43. The second-order valence-electron chi connectivity index (χ2n) is 8.09. The maximum absolute atomic E-state index is 12.2. The van der Waals surface area contributed by atoms with E-state index in [9.17, 15) is 4.79 Å². The largest absolute Gasteiger partial charge is 0.334 e. The van der Waals surface area contributed by atoms with E-state index in [1.807, 2.05) is 36.5 Å². The second kappa shape index (κ2) is 9.59. The number of hydrogen-bond acceptors (Lipinski definition) is 3. The quantitative estimate of drug-likeness (QED) is 0.640. The molecule has 0 aliphatic carbocycles. The number of para-hydroxylation sites is 1. The fourth-order valence-electron chi connectivity index (χ4n) is 3.91. The molecule has 4 rings (SSSR count). The number of benzene rings is 2. The van der Waals surface area contributed by atoms with Gasteiger partial charge in [0.2, 0.25) is 0 Å². The summed E-state index contributed by atoms with van der Waals surface area (Å²) in [5.74, 6) is 1.31. The van der Waals surface area contributed by atoms with Crippen molar-refractivity contribution in [1.29, 1.82) is 0 Å². The van der Waals surface area contributed by atoms with Crippen molar-refractivity contribution in [1.82, 2.24) is 20.0 Å². The molecule has 0 spiro atoms. The standard InChI is InChI=1S/C24H29N5O/c1-19-6-5-14-28(17-19)18-21-11-9-20(10-12-21)16-25-24(30)26-23-13-15-29(27-23)22-7-3-2-4-8-22/h2-4,7-13,15,19H,5-6,14,16-18H2,1H3,(H2,25,26,27,30). The number of aromatic nitrogens is 2. The number of nitrogens with one attached hydrogen (secondary N) is 2. The first kappa shape index (κ1) is 20.2. The van der Waals surface area contributed by atoms with Crippen molar-refractivity contribution in [2.75, 3.05) is 18.4 Å². The summed E-state index contributed by atoms with van der Waals surface area (Å²) in [7, 11) is 0. The highest BCUT2D eigenvalue weighted by atomic mass is 16.2. The van der Waals surface area contributed by atoms with Crippen molar-refractivity contribution in [2.45, 2.75) is 32.9 Å². The molecule has 1 atom stereocenters. The van der Waals surface area contributed by atoms with E-state index >= 15 is 0 Å². The molecule has 2 amide bonds. The van der Waals surface area contributed by atoms with Gasteiger partial charge in [0.1, 0.15) is 0 Å². The minimum Gasteiger partial charge on any atom is -0.334 e. The summed E-state index contributed by atoms with van der Waals surface area (Å²) in [5.41, 5.74) is 3.35. The number of amides is 2. The molecule has 3 aromatic rings. The Kier molecular flexibility index (Phi) is 6.44. The van der Waals surface area contributed by atoms with Crippen LogP contribution in [0.3, 0.4) is 0 Å². The molecule has 6 nitrogen and oxygen atoms in total. The predicted molar refractivity (Wildman–Crippen MR) is 120 cm³/mol. The van der Waals surface area contributed by atoms with Gasteiger partial charge in [-0.1, -0.05) is 49.4 Å². The first-order chi connectivity index (χ1) is 14.7. The van der Waals surface area contributed by atoms with Gasteiger partial charge in [-0.2, -0.15) is 0 Å². The number of anilines is 1. The highest BCUT2D eigenvalue weighted by Crippen LogP contribution is 2.18. The van der Waals surface area contributed by atoms with Gasteiger partial charge < -0.3 is 5.32 Å². The van der Waals surface area contributed by atoms with Crippen molar-refractivity contribution < 1.29 is 4.79 Å². The molecule has 1 aliphatic rings. The number of rotatable bonds is 6. The maximum Gasteiger partial charge on any atom is 0.320 e. The molecule has 2 aromatic carbocycles. The number of nitrogens with zero attached hydrogens (tertiary/aromatic N) is 3. The van der Waals surface area contributed by atoms with E-state index < -0.39 is 0 Å². The first-order valence-electron chi connectivity index (χ1n) is 10.6. The molecule has 30 heavy (non-hydrogen) atoms. The van der Waals surface area contributed by atoms with Gasteiger partial charge in [0.05, 0.1) is 5.69 Å². The third kappa shape index (κ3) is 5.48. The Balaban J connectivity index is 1.24. The average molecular weight is 404 g/mol. The van der Waals surface area contributed by atoms with Gasteiger partial charge in [-0.3, -0.25) is 10.2 Å². The van der Waals surface area contributed by atoms with Gasteiger partial charge in [0.25, 0.3) is 0 Å². The van der Waals surface area contributed by atoms with E-state index in [-0.39, 0.29) is 6.03 Å². The fourth-order valence-corrected chi connectivity index (χ4v) is 3.91. The first-order valence-corrected chi connectivity index (χ1v) is 10.6. The SMILES string of the molecule is CC1CCCN(Cc2ccc(CNC(=O)Nc3ccn(-c4ccccc4)n3)cc2)C1. The summed E-state index contributed by atoms with van der Waals surface area (Å²) in [6, 6.07) is 19.8. The van der Waals surface area contributed by atoms with Crippen molar-refractivity contribution >= 4 is 11.8 Å². The highest BCUT2D eigenvalue weighted by molar-refractivity contribution is 5.88. The van der Waals surface area contributed by atoms with Crippen LogP contribution in [0.25, 0.3) is 5.69 Å². The van der Waals surface area contributed by atoms with Gasteiger partial charge in [-0.05, 0) is 48.6 Å². The van der Waals surface area contributed by atoms with Crippen molar-refractivity contribution in [2.24, 2.45) is 5.92 Å². The molecule has 0 radical (unpaired) electrons. The van der Waals surface area contributed by atoms with Crippen molar-refractivity contribution in [3.8, 4) is 5.69 Å². The molecule has 1 fully saturated rings. The number of hydrogen-bond donors (Lipinski definition) is 2. The van der Waals surface area contributed by atoms with E-state index in [4.69, 9.17) is 0 Å². The molecule has 156 valence electrons. The van der Waals surface area contributed by atoms with Crippen LogP contribution in [-0.2, 0) is 13.1 Å². The number of carbonyl (C=O) groups excluding carboxylic acids is 1. The minimum atomic E-state index is -0.264. The molecule has 1 unspecified atom stereocenters. The molecule has 6 heteroatoms. The van der Waals surface area contributed by atoms with Crippen molar-refractivity contribution in [3.63, 3.8) is 0 Å². The van der Waals surface area contributed by atoms with Crippen LogP contribution in [0.4, 0.5) is 10.6 Å². The zero-order valence-electron chi connectivity index (χ0n) is 17.4. The Hall–Kier alpha value is -3.12. The third-order valence-corrected chi connectivity index (χ3v) is 5.47. The Morgan fingerprint density at radius 3 is 2.60 bits per heavy atom. The third-order valence-electron chi connectivity index (χ3n) is 5.47. The molecule has 1 saturated heterocycles. The summed E-state index contributed by atoms with van der Waals surface area (Å²) in [4.78, 5) is 14.7. The Morgan fingerprint density at radius 1 is 1.07 bits per heavy atom. The van der Waals surface area contributed by atoms with Crippen LogP contribution >= 0.6 is 0 Å². The molecular weight excluding hydrogens is 374 g/mol. The van der Waals surface area contributed by atoms with Gasteiger partial charge in [-0.15, -0.1) is 5.10 Å². The normalized spacial score (nSPS) is 16.9. The van der Waals surface area contributed by atoms with Crippen LogP contribution in [0.15, 0.2) is 66.9 Å². The topological polar surface area (TPSA) is 62.2 Å². The molecule has 2 N–H and O–H groups in total. The number of urea groups is 1. The maximum atomic E-state index is 12.2. The molecule has 0 bridgehead atoms. The minimum absolute atomic E-state index is 0.264. The molecule has 2 heterocycles. The summed E-state index contributed by atoms with van der Waals surface area (Å²) >= 11 is 0. The lowest BCUT2D eigenvalue weighted by atomic mass is 9.99. The van der Waals surface area contributed by atoms with Gasteiger partial charge in [-0.25, -0.2) is 9.48 Å². The highest BCUT2D eigenvalue weighted by Gasteiger charge is 2.16. The van der Waals surface area contributed by atoms with E-state index in [0.29, 0.717) is 12.4 Å². The van der Waals surface area contributed by atoms with E-state index in [1.54, 1.807) is 10.7 Å². The molecule has 1 aromatic heterocycles. The van der Waals surface area contributed by atoms with Crippen molar-refractivity contribution in [3.05, 3.63) is 78.0 Å². The zero-order chi connectivity index (χ0) is 20.8. The lowest BCUT2D eigenvalue weighted by molar-refractivity contribution is 0.176. The summed E-state index contributed by atoms with van der Waals surface area (Å²) in [5, 5.41) is 10.1. The van der Waals surface area contributed by atoms with Gasteiger partial charge in [0.15, 0.2) is 5.82 Å². The Bertz CT molecular complexity index is 951. The molecule has 1 aliphatic heterocycles. The smallest absolute Gasteiger partial charge is 0.320 e. The van der Waals surface area contributed by atoms with Crippen LogP contribution in [0.5, 0.6) is 0 Å². The number of carbonyl (C=O) groups is 1. The monoisotopic (exact) mass is 403 g/mol. The number of likely N-dealkylation sites (tertiary alicyclic amines) is 1. The summed E-state index contributed by atoms with van der Waals surface area (Å²) < 4.78 is 1.73.